The maximum atomic E-state index is 4.03. The van der Waals surface area contributed by atoms with Crippen LogP contribution in [-0.4, -0.2) is 29.9 Å². The predicted molar refractivity (Wildman–Crippen MR) is 45.6 cm³/mol. The second-order valence-electron chi connectivity index (χ2n) is 2.43. The molecule has 1 aromatic rings. The second-order valence-corrected chi connectivity index (χ2v) is 2.43. The van der Waals surface area contributed by atoms with Gasteiger partial charge in [0.1, 0.15) is 0 Å². The summed E-state index contributed by atoms with van der Waals surface area (Å²) in [6, 6.07) is 0. The Morgan fingerprint density at radius 2 is 2.36 bits per heavy atom. The monoisotopic (exact) mass is 154 g/mol. The van der Waals surface area contributed by atoms with E-state index >= 15 is 0 Å². The van der Waals surface area contributed by atoms with Gasteiger partial charge in [-0.25, -0.2) is 0 Å². The van der Waals surface area contributed by atoms with Gasteiger partial charge in [0.2, 0.25) is 0 Å². The van der Waals surface area contributed by atoms with Crippen LogP contribution in [0.2, 0.25) is 0 Å². The van der Waals surface area contributed by atoms with Gasteiger partial charge in [-0.2, -0.15) is 5.10 Å². The largest absolute Gasteiger partial charge is 0.381 e. The van der Waals surface area contributed by atoms with Gasteiger partial charge in [0.25, 0.3) is 0 Å². The van der Waals surface area contributed by atoms with Crippen molar-refractivity contribution in [3.8, 4) is 0 Å². The van der Waals surface area contributed by atoms with E-state index in [4.69, 9.17) is 0 Å². The van der Waals surface area contributed by atoms with Crippen LogP contribution in [0.5, 0.6) is 0 Å². The SMILES string of the molecule is CNCCNc1cnn(C)c1. The number of nitrogens with one attached hydrogen (secondary N) is 2. The van der Waals surface area contributed by atoms with Crippen LogP contribution in [0.3, 0.4) is 0 Å². The molecule has 0 amide bonds. The first kappa shape index (κ1) is 8.07. The van der Waals surface area contributed by atoms with E-state index in [1.165, 1.54) is 0 Å². The van der Waals surface area contributed by atoms with Gasteiger partial charge in [-0.05, 0) is 7.05 Å². The number of nitrogens with zero attached hydrogens (tertiary/aromatic N) is 2. The third-order valence-corrected chi connectivity index (χ3v) is 1.41. The topological polar surface area (TPSA) is 41.9 Å². The molecule has 1 aromatic heterocycles. The van der Waals surface area contributed by atoms with Gasteiger partial charge in [0, 0.05) is 26.3 Å². The van der Waals surface area contributed by atoms with Crippen molar-refractivity contribution in [1.29, 1.82) is 0 Å². The standard InChI is InChI=1S/C7H14N4/c1-8-3-4-9-7-5-10-11(2)6-7/h5-6,8-9H,3-4H2,1-2H3. The van der Waals surface area contributed by atoms with Crippen molar-refractivity contribution in [2.75, 3.05) is 25.5 Å². The Bertz CT molecular complexity index is 206. The van der Waals surface area contributed by atoms with E-state index in [0.29, 0.717) is 0 Å². The van der Waals surface area contributed by atoms with Crippen LogP contribution in [-0.2, 0) is 7.05 Å². The summed E-state index contributed by atoms with van der Waals surface area (Å²) in [5, 5.41) is 10.3. The molecule has 0 aromatic carbocycles. The zero-order valence-electron chi connectivity index (χ0n) is 6.96. The molecular weight excluding hydrogens is 140 g/mol. The van der Waals surface area contributed by atoms with Crippen LogP contribution >= 0.6 is 0 Å². The zero-order valence-corrected chi connectivity index (χ0v) is 6.96. The molecule has 1 heterocycles. The maximum absolute atomic E-state index is 4.03. The minimum absolute atomic E-state index is 0.933. The summed E-state index contributed by atoms with van der Waals surface area (Å²) in [5.74, 6) is 0. The Kier molecular flexibility index (Phi) is 2.92. The molecule has 0 unspecified atom stereocenters. The molecule has 0 aliphatic rings. The predicted octanol–water partition coefficient (Wildman–Crippen LogP) is 0.0514. The summed E-state index contributed by atoms with van der Waals surface area (Å²) in [6.07, 6.45) is 3.77. The lowest BCUT2D eigenvalue weighted by atomic mass is 10.5. The highest BCUT2D eigenvalue weighted by atomic mass is 15.3. The summed E-state index contributed by atoms with van der Waals surface area (Å²) in [5.41, 5.74) is 1.07. The van der Waals surface area contributed by atoms with Crippen molar-refractivity contribution in [3.63, 3.8) is 0 Å². The molecule has 2 N–H and O–H groups in total. The smallest absolute Gasteiger partial charge is 0.0726 e. The van der Waals surface area contributed by atoms with E-state index < -0.39 is 0 Å². The number of anilines is 1. The van der Waals surface area contributed by atoms with Crippen molar-refractivity contribution >= 4 is 5.69 Å². The molecule has 0 aliphatic carbocycles. The van der Waals surface area contributed by atoms with Crippen molar-refractivity contribution in [1.82, 2.24) is 15.1 Å². The average molecular weight is 154 g/mol. The summed E-state index contributed by atoms with van der Waals surface area (Å²) in [6.45, 7) is 1.90. The van der Waals surface area contributed by atoms with Gasteiger partial charge in [-0.1, -0.05) is 0 Å². The minimum Gasteiger partial charge on any atom is -0.381 e. The van der Waals surface area contributed by atoms with Gasteiger partial charge in [-0.15, -0.1) is 0 Å². The van der Waals surface area contributed by atoms with Crippen LogP contribution in [0, 0.1) is 0 Å². The van der Waals surface area contributed by atoms with Gasteiger partial charge in [-0.3, -0.25) is 4.68 Å². The molecule has 4 heteroatoms. The summed E-state index contributed by atoms with van der Waals surface area (Å²) < 4.78 is 1.78. The molecule has 0 saturated carbocycles. The molecular formula is C7H14N4. The summed E-state index contributed by atoms with van der Waals surface area (Å²) >= 11 is 0. The number of likely N-dealkylation sites (N-methyl/N-ethyl adjacent to an activating group) is 1. The van der Waals surface area contributed by atoms with Crippen LogP contribution in [0.4, 0.5) is 5.69 Å². The number of hydrogen-bond acceptors (Lipinski definition) is 3. The summed E-state index contributed by atoms with van der Waals surface area (Å²) in [4.78, 5) is 0. The van der Waals surface area contributed by atoms with E-state index in [-0.39, 0.29) is 0 Å². The first-order chi connectivity index (χ1) is 5.33. The lowest BCUT2D eigenvalue weighted by Gasteiger charge is -2.00. The Labute approximate surface area is 66.6 Å². The Morgan fingerprint density at radius 3 is 2.91 bits per heavy atom. The highest BCUT2D eigenvalue weighted by Gasteiger charge is 1.91. The molecule has 4 nitrogen and oxygen atoms in total. The lowest BCUT2D eigenvalue weighted by Crippen LogP contribution is -2.17. The number of aromatic nitrogens is 2. The molecule has 0 radical (unpaired) electrons. The van der Waals surface area contributed by atoms with Crippen LogP contribution < -0.4 is 10.6 Å². The van der Waals surface area contributed by atoms with Crippen LogP contribution in [0.1, 0.15) is 0 Å². The Hall–Kier alpha value is -1.03. The molecule has 0 atom stereocenters. The fraction of sp³-hybridized carbons (Fsp3) is 0.571. The first-order valence-electron chi connectivity index (χ1n) is 3.70. The van der Waals surface area contributed by atoms with E-state index in [9.17, 15) is 0 Å². The molecule has 0 saturated heterocycles. The average Bonchev–Trinajstić information content (AvgIpc) is 2.37. The highest BCUT2D eigenvalue weighted by Crippen LogP contribution is 2.01. The third kappa shape index (κ3) is 2.59. The molecule has 11 heavy (non-hydrogen) atoms. The number of rotatable bonds is 4. The summed E-state index contributed by atoms with van der Waals surface area (Å²) in [7, 11) is 3.84. The van der Waals surface area contributed by atoms with E-state index in [0.717, 1.165) is 18.8 Å². The van der Waals surface area contributed by atoms with Gasteiger partial charge < -0.3 is 10.6 Å². The van der Waals surface area contributed by atoms with Crippen molar-refractivity contribution in [2.45, 2.75) is 0 Å². The number of hydrogen-bond donors (Lipinski definition) is 2. The zero-order chi connectivity index (χ0) is 8.10. The van der Waals surface area contributed by atoms with Gasteiger partial charge in [0.15, 0.2) is 0 Å². The third-order valence-electron chi connectivity index (χ3n) is 1.41. The van der Waals surface area contributed by atoms with E-state index in [1.54, 1.807) is 4.68 Å². The highest BCUT2D eigenvalue weighted by molar-refractivity contribution is 5.37. The molecule has 0 spiro atoms. The molecule has 62 valence electrons. The van der Waals surface area contributed by atoms with Gasteiger partial charge in [0.05, 0.1) is 11.9 Å². The number of aryl methyl sites for hydroxylation is 1. The Morgan fingerprint density at radius 1 is 1.55 bits per heavy atom. The van der Waals surface area contributed by atoms with Crippen molar-refractivity contribution < 1.29 is 0 Å². The minimum atomic E-state index is 0.933. The van der Waals surface area contributed by atoms with Crippen LogP contribution in [0.15, 0.2) is 12.4 Å². The molecule has 1 rings (SSSR count). The van der Waals surface area contributed by atoms with Crippen LogP contribution in [0.25, 0.3) is 0 Å². The lowest BCUT2D eigenvalue weighted by molar-refractivity contribution is 0.767. The molecule has 0 fully saturated rings. The van der Waals surface area contributed by atoms with Crippen molar-refractivity contribution in [2.24, 2.45) is 7.05 Å². The normalized spacial score (nSPS) is 10.0. The molecule has 0 aliphatic heterocycles. The molecule has 0 bridgehead atoms. The quantitative estimate of drug-likeness (QED) is 0.602. The van der Waals surface area contributed by atoms with E-state index in [2.05, 4.69) is 15.7 Å². The first-order valence-corrected chi connectivity index (χ1v) is 3.70. The van der Waals surface area contributed by atoms with E-state index in [1.807, 2.05) is 26.5 Å². The maximum Gasteiger partial charge on any atom is 0.0726 e. The van der Waals surface area contributed by atoms with Crippen molar-refractivity contribution in [3.05, 3.63) is 12.4 Å². The second kappa shape index (κ2) is 3.98. The fourth-order valence-electron chi connectivity index (χ4n) is 0.844. The van der Waals surface area contributed by atoms with Gasteiger partial charge >= 0.3 is 0 Å². The Balaban J connectivity index is 2.27. The fourth-order valence-corrected chi connectivity index (χ4v) is 0.844.